The average molecular weight is 210 g/mol. The van der Waals surface area contributed by atoms with Gasteiger partial charge in [0.1, 0.15) is 12.1 Å². The zero-order chi connectivity index (χ0) is 11.1. The molecule has 0 saturated heterocycles. The van der Waals surface area contributed by atoms with Crippen LogP contribution in [0.4, 0.5) is 5.82 Å². The number of nitrogens with two attached hydrogens (primary N) is 1. The number of hydrogen-bond donors (Lipinski definition) is 2. The van der Waals surface area contributed by atoms with E-state index in [4.69, 9.17) is 10.5 Å². The molecule has 1 atom stereocenters. The minimum atomic E-state index is 0.259. The maximum atomic E-state index is 5.64. The summed E-state index contributed by atoms with van der Waals surface area (Å²) in [5.74, 6) is 1.31. The molecule has 1 heterocycles. The summed E-state index contributed by atoms with van der Waals surface area (Å²) in [5, 5.41) is 3.25. The van der Waals surface area contributed by atoms with Crippen LogP contribution in [0.15, 0.2) is 12.4 Å². The third kappa shape index (κ3) is 3.71. The Hall–Kier alpha value is -1.36. The molecule has 84 valence electrons. The Bertz CT molecular complexity index is 293. The van der Waals surface area contributed by atoms with Gasteiger partial charge in [-0.05, 0) is 6.42 Å². The second kappa shape index (κ2) is 6.19. The molecule has 0 spiro atoms. The Morgan fingerprint density at radius 2 is 2.33 bits per heavy atom. The van der Waals surface area contributed by atoms with E-state index in [1.165, 1.54) is 6.33 Å². The van der Waals surface area contributed by atoms with Crippen LogP contribution in [-0.4, -0.2) is 29.7 Å². The van der Waals surface area contributed by atoms with Gasteiger partial charge in [0.2, 0.25) is 5.88 Å². The molecule has 1 aromatic rings. The molecule has 5 nitrogen and oxygen atoms in total. The fourth-order valence-corrected chi connectivity index (χ4v) is 1.34. The smallest absolute Gasteiger partial charge is 0.218 e. The number of rotatable bonds is 6. The first-order chi connectivity index (χ1) is 7.30. The van der Waals surface area contributed by atoms with Crippen LogP contribution >= 0.6 is 0 Å². The molecule has 1 unspecified atom stereocenters. The van der Waals surface area contributed by atoms with Gasteiger partial charge in [-0.3, -0.25) is 0 Å². The first-order valence-electron chi connectivity index (χ1n) is 5.12. The first kappa shape index (κ1) is 11.7. The molecule has 0 aliphatic carbocycles. The summed E-state index contributed by atoms with van der Waals surface area (Å²) in [7, 11) is 1.58. The lowest BCUT2D eigenvalue weighted by molar-refractivity contribution is 0.397. The Balaban J connectivity index is 2.61. The average Bonchev–Trinajstić information content (AvgIpc) is 2.29. The van der Waals surface area contributed by atoms with Crippen molar-refractivity contribution in [1.29, 1.82) is 0 Å². The van der Waals surface area contributed by atoms with Crippen molar-refractivity contribution < 1.29 is 4.74 Å². The maximum absolute atomic E-state index is 5.64. The molecule has 15 heavy (non-hydrogen) atoms. The van der Waals surface area contributed by atoms with Gasteiger partial charge < -0.3 is 15.8 Å². The van der Waals surface area contributed by atoms with E-state index >= 15 is 0 Å². The van der Waals surface area contributed by atoms with Crippen molar-refractivity contribution in [2.45, 2.75) is 25.8 Å². The molecule has 1 aromatic heterocycles. The molecule has 0 bridgehead atoms. The van der Waals surface area contributed by atoms with Crippen LogP contribution in [0, 0.1) is 0 Å². The van der Waals surface area contributed by atoms with Gasteiger partial charge >= 0.3 is 0 Å². The van der Waals surface area contributed by atoms with Crippen molar-refractivity contribution in [2.24, 2.45) is 5.73 Å². The minimum absolute atomic E-state index is 0.259. The number of aromatic nitrogens is 2. The fraction of sp³-hybridized carbons (Fsp3) is 0.600. The molecule has 0 amide bonds. The standard InChI is InChI=1S/C10H18N4O/c1-3-4-8(6-11)14-9-5-10(15-2)13-7-12-9/h5,7-8H,3-4,6,11H2,1-2H3,(H,12,13,14). The monoisotopic (exact) mass is 210 g/mol. The summed E-state index contributed by atoms with van der Waals surface area (Å²) in [5.41, 5.74) is 5.64. The van der Waals surface area contributed by atoms with Crippen molar-refractivity contribution in [3.63, 3.8) is 0 Å². The molecule has 0 radical (unpaired) electrons. The lowest BCUT2D eigenvalue weighted by atomic mass is 10.2. The second-order valence-corrected chi connectivity index (χ2v) is 3.31. The van der Waals surface area contributed by atoms with Gasteiger partial charge in [0.05, 0.1) is 7.11 Å². The van der Waals surface area contributed by atoms with Gasteiger partial charge in [0.15, 0.2) is 0 Å². The Morgan fingerprint density at radius 3 is 2.93 bits per heavy atom. The molecule has 3 N–H and O–H groups in total. The molecular weight excluding hydrogens is 192 g/mol. The van der Waals surface area contributed by atoms with Gasteiger partial charge in [0, 0.05) is 18.7 Å². The summed E-state index contributed by atoms with van der Waals surface area (Å²) in [4.78, 5) is 8.03. The highest BCUT2D eigenvalue weighted by molar-refractivity contribution is 5.38. The molecule has 0 aliphatic heterocycles. The number of methoxy groups -OCH3 is 1. The van der Waals surface area contributed by atoms with E-state index in [1.54, 1.807) is 13.2 Å². The zero-order valence-electron chi connectivity index (χ0n) is 9.23. The van der Waals surface area contributed by atoms with Crippen molar-refractivity contribution >= 4 is 5.82 Å². The summed E-state index contributed by atoms with van der Waals surface area (Å²) in [6.45, 7) is 2.73. The number of ether oxygens (including phenoxy) is 1. The van der Waals surface area contributed by atoms with Gasteiger partial charge in [-0.25, -0.2) is 9.97 Å². The SMILES string of the molecule is CCCC(CN)Nc1cc(OC)ncn1. The van der Waals surface area contributed by atoms with E-state index in [1.807, 2.05) is 0 Å². The first-order valence-corrected chi connectivity index (χ1v) is 5.12. The van der Waals surface area contributed by atoms with Gasteiger partial charge in [0.25, 0.3) is 0 Å². The normalized spacial score (nSPS) is 12.2. The lowest BCUT2D eigenvalue weighted by Gasteiger charge is -2.16. The van der Waals surface area contributed by atoms with Crippen LogP contribution in [0.25, 0.3) is 0 Å². The lowest BCUT2D eigenvalue weighted by Crippen LogP contribution is -2.28. The van der Waals surface area contributed by atoms with Crippen LogP contribution in [0.1, 0.15) is 19.8 Å². The van der Waals surface area contributed by atoms with Crippen molar-refractivity contribution in [3.05, 3.63) is 12.4 Å². The van der Waals surface area contributed by atoms with Crippen molar-refractivity contribution in [3.8, 4) is 5.88 Å². The Labute approximate surface area is 90.1 Å². The number of nitrogens with zero attached hydrogens (tertiary/aromatic N) is 2. The largest absolute Gasteiger partial charge is 0.481 e. The van der Waals surface area contributed by atoms with E-state index in [0.717, 1.165) is 18.7 Å². The van der Waals surface area contributed by atoms with Crippen LogP contribution < -0.4 is 15.8 Å². The van der Waals surface area contributed by atoms with Gasteiger partial charge in [-0.15, -0.1) is 0 Å². The molecule has 5 heteroatoms. The van der Waals surface area contributed by atoms with Crippen LogP contribution in [0.2, 0.25) is 0 Å². The predicted molar refractivity (Wildman–Crippen MR) is 60.0 cm³/mol. The van der Waals surface area contributed by atoms with Crippen LogP contribution in [-0.2, 0) is 0 Å². The number of anilines is 1. The molecule has 0 saturated carbocycles. The molecule has 1 rings (SSSR count). The number of nitrogens with one attached hydrogen (secondary N) is 1. The fourth-order valence-electron chi connectivity index (χ4n) is 1.34. The second-order valence-electron chi connectivity index (χ2n) is 3.31. The maximum Gasteiger partial charge on any atom is 0.218 e. The van der Waals surface area contributed by atoms with Gasteiger partial charge in [-0.1, -0.05) is 13.3 Å². The van der Waals surface area contributed by atoms with E-state index in [0.29, 0.717) is 12.4 Å². The Kier molecular flexibility index (Phi) is 4.83. The van der Waals surface area contributed by atoms with E-state index in [9.17, 15) is 0 Å². The van der Waals surface area contributed by atoms with E-state index < -0.39 is 0 Å². The quantitative estimate of drug-likeness (QED) is 0.733. The minimum Gasteiger partial charge on any atom is -0.481 e. The highest BCUT2D eigenvalue weighted by Crippen LogP contribution is 2.12. The van der Waals surface area contributed by atoms with E-state index in [-0.39, 0.29) is 6.04 Å². The number of hydrogen-bond acceptors (Lipinski definition) is 5. The highest BCUT2D eigenvalue weighted by atomic mass is 16.5. The molecular formula is C10H18N4O. The third-order valence-corrected chi connectivity index (χ3v) is 2.12. The van der Waals surface area contributed by atoms with Crippen LogP contribution in [0.3, 0.4) is 0 Å². The van der Waals surface area contributed by atoms with Crippen molar-refractivity contribution in [1.82, 2.24) is 9.97 Å². The molecule has 0 aliphatic rings. The Morgan fingerprint density at radius 1 is 1.53 bits per heavy atom. The highest BCUT2D eigenvalue weighted by Gasteiger charge is 2.06. The zero-order valence-corrected chi connectivity index (χ0v) is 9.23. The predicted octanol–water partition coefficient (Wildman–Crippen LogP) is 1.02. The summed E-state index contributed by atoms with van der Waals surface area (Å²) in [6, 6.07) is 2.02. The molecule has 0 fully saturated rings. The van der Waals surface area contributed by atoms with Crippen LogP contribution in [0.5, 0.6) is 5.88 Å². The summed E-state index contributed by atoms with van der Waals surface area (Å²) in [6.07, 6.45) is 3.60. The third-order valence-electron chi connectivity index (χ3n) is 2.12. The summed E-state index contributed by atoms with van der Waals surface area (Å²) >= 11 is 0. The topological polar surface area (TPSA) is 73.1 Å². The van der Waals surface area contributed by atoms with Gasteiger partial charge in [-0.2, -0.15) is 0 Å². The molecule has 0 aromatic carbocycles. The van der Waals surface area contributed by atoms with Crippen molar-refractivity contribution in [2.75, 3.05) is 19.0 Å². The van der Waals surface area contributed by atoms with E-state index in [2.05, 4.69) is 22.2 Å². The summed E-state index contributed by atoms with van der Waals surface area (Å²) < 4.78 is 5.01.